The molecular formula is C21H18FN3O2. The third-order valence-electron chi connectivity index (χ3n) is 3.93. The summed E-state index contributed by atoms with van der Waals surface area (Å²) in [4.78, 5) is 28.0. The van der Waals surface area contributed by atoms with Gasteiger partial charge in [-0.2, -0.15) is 0 Å². The van der Waals surface area contributed by atoms with Crippen molar-refractivity contribution >= 4 is 23.1 Å². The monoisotopic (exact) mass is 363 g/mol. The molecule has 0 atom stereocenters. The van der Waals surface area contributed by atoms with Crippen molar-refractivity contribution < 1.29 is 14.0 Å². The van der Waals surface area contributed by atoms with Crippen LogP contribution in [0.2, 0.25) is 0 Å². The van der Waals surface area contributed by atoms with E-state index in [9.17, 15) is 14.0 Å². The van der Waals surface area contributed by atoms with E-state index in [4.69, 9.17) is 0 Å². The van der Waals surface area contributed by atoms with E-state index in [1.54, 1.807) is 48.5 Å². The van der Waals surface area contributed by atoms with Crippen molar-refractivity contribution in [2.45, 2.75) is 13.5 Å². The van der Waals surface area contributed by atoms with Crippen molar-refractivity contribution in [2.24, 2.45) is 0 Å². The van der Waals surface area contributed by atoms with Crippen LogP contribution in [0.3, 0.4) is 0 Å². The summed E-state index contributed by atoms with van der Waals surface area (Å²) in [5.41, 5.74) is 2.93. The van der Waals surface area contributed by atoms with Crippen molar-refractivity contribution in [3.05, 3.63) is 89.5 Å². The van der Waals surface area contributed by atoms with Gasteiger partial charge < -0.3 is 10.6 Å². The number of pyridine rings is 1. The zero-order valence-corrected chi connectivity index (χ0v) is 14.7. The average Bonchev–Trinajstić information content (AvgIpc) is 2.68. The van der Waals surface area contributed by atoms with Crippen molar-refractivity contribution in [1.29, 1.82) is 0 Å². The molecule has 5 nitrogen and oxygen atoms in total. The lowest BCUT2D eigenvalue weighted by Gasteiger charge is -2.09. The topological polar surface area (TPSA) is 71.1 Å². The zero-order chi connectivity index (χ0) is 19.2. The van der Waals surface area contributed by atoms with Gasteiger partial charge in [-0.05, 0) is 48.9 Å². The van der Waals surface area contributed by atoms with E-state index in [-0.39, 0.29) is 23.2 Å². The molecule has 0 fully saturated rings. The lowest BCUT2D eigenvalue weighted by Crippen LogP contribution is -2.14. The van der Waals surface area contributed by atoms with E-state index in [2.05, 4.69) is 15.6 Å². The van der Waals surface area contributed by atoms with Crippen LogP contribution in [-0.4, -0.2) is 16.7 Å². The Labute approximate surface area is 156 Å². The van der Waals surface area contributed by atoms with Crippen molar-refractivity contribution in [3.8, 4) is 0 Å². The van der Waals surface area contributed by atoms with E-state index < -0.39 is 0 Å². The first-order valence-corrected chi connectivity index (χ1v) is 8.38. The smallest absolute Gasteiger partial charge is 0.274 e. The van der Waals surface area contributed by atoms with Gasteiger partial charge in [-0.15, -0.1) is 0 Å². The molecule has 0 aliphatic heterocycles. The number of anilines is 2. The second-order valence-electron chi connectivity index (χ2n) is 6.00. The highest BCUT2D eigenvalue weighted by atomic mass is 19.1. The van der Waals surface area contributed by atoms with Gasteiger partial charge in [0.05, 0.1) is 0 Å². The van der Waals surface area contributed by atoms with Crippen LogP contribution < -0.4 is 10.6 Å². The minimum atomic E-state index is -0.374. The number of ketones is 1. The van der Waals surface area contributed by atoms with E-state index in [1.807, 2.05) is 0 Å². The summed E-state index contributed by atoms with van der Waals surface area (Å²) in [5.74, 6) is -0.729. The minimum absolute atomic E-state index is 0.0729. The highest BCUT2D eigenvalue weighted by Gasteiger charge is 2.10. The van der Waals surface area contributed by atoms with Crippen LogP contribution >= 0.6 is 0 Å². The Morgan fingerprint density at radius 3 is 2.52 bits per heavy atom. The Balaban J connectivity index is 1.67. The SMILES string of the molecule is CC(=O)c1cccc(NC(=O)c2cc(NCc3ccc(F)cc3)ccn2)c1. The van der Waals surface area contributed by atoms with Gasteiger partial charge in [0, 0.05) is 29.7 Å². The summed E-state index contributed by atoms with van der Waals surface area (Å²) in [6, 6.07) is 16.3. The number of aromatic nitrogens is 1. The summed E-state index contributed by atoms with van der Waals surface area (Å²) >= 11 is 0. The second kappa shape index (κ2) is 8.23. The first-order valence-electron chi connectivity index (χ1n) is 8.38. The van der Waals surface area contributed by atoms with Gasteiger partial charge in [-0.25, -0.2) is 4.39 Å². The largest absolute Gasteiger partial charge is 0.381 e. The molecule has 1 heterocycles. The molecule has 1 amide bonds. The van der Waals surface area contributed by atoms with Gasteiger partial charge in [-0.3, -0.25) is 14.6 Å². The van der Waals surface area contributed by atoms with Gasteiger partial charge in [0.15, 0.2) is 5.78 Å². The maximum atomic E-state index is 12.9. The maximum Gasteiger partial charge on any atom is 0.274 e. The number of halogens is 1. The van der Waals surface area contributed by atoms with Crippen LogP contribution in [0.4, 0.5) is 15.8 Å². The van der Waals surface area contributed by atoms with Crippen molar-refractivity contribution in [2.75, 3.05) is 10.6 Å². The van der Waals surface area contributed by atoms with Gasteiger partial charge in [0.1, 0.15) is 11.5 Å². The second-order valence-corrected chi connectivity index (χ2v) is 6.00. The Morgan fingerprint density at radius 2 is 1.78 bits per heavy atom. The first-order chi connectivity index (χ1) is 13.0. The molecule has 1 aromatic heterocycles. The Bertz CT molecular complexity index is 971. The van der Waals surface area contributed by atoms with E-state index in [0.717, 1.165) is 11.3 Å². The number of carbonyl (C=O) groups excluding carboxylic acids is 2. The number of Topliss-reactive ketones (excluding diaryl/α,β-unsaturated/α-hetero) is 1. The van der Waals surface area contributed by atoms with Crippen LogP contribution in [0.25, 0.3) is 0 Å². The molecule has 2 aromatic carbocycles. The molecule has 0 saturated heterocycles. The third kappa shape index (κ3) is 4.98. The van der Waals surface area contributed by atoms with Crippen LogP contribution in [0.15, 0.2) is 66.9 Å². The number of nitrogens with one attached hydrogen (secondary N) is 2. The van der Waals surface area contributed by atoms with Gasteiger partial charge in [0.25, 0.3) is 5.91 Å². The van der Waals surface area contributed by atoms with Gasteiger partial charge in [-0.1, -0.05) is 24.3 Å². The molecule has 0 radical (unpaired) electrons. The Kier molecular flexibility index (Phi) is 5.56. The number of hydrogen-bond acceptors (Lipinski definition) is 4. The van der Waals surface area contributed by atoms with Crippen LogP contribution in [0.5, 0.6) is 0 Å². The number of amides is 1. The highest BCUT2D eigenvalue weighted by molar-refractivity contribution is 6.04. The van der Waals surface area contributed by atoms with E-state index >= 15 is 0 Å². The lowest BCUT2D eigenvalue weighted by atomic mass is 10.1. The normalized spacial score (nSPS) is 10.3. The Hall–Kier alpha value is -3.54. The fourth-order valence-electron chi connectivity index (χ4n) is 2.48. The molecule has 3 aromatic rings. The van der Waals surface area contributed by atoms with Crippen LogP contribution in [-0.2, 0) is 6.54 Å². The molecule has 3 rings (SSSR count). The van der Waals surface area contributed by atoms with E-state index in [0.29, 0.717) is 17.8 Å². The lowest BCUT2D eigenvalue weighted by molar-refractivity contribution is 0.100. The van der Waals surface area contributed by atoms with E-state index in [1.165, 1.54) is 25.3 Å². The molecule has 0 bridgehead atoms. The molecule has 6 heteroatoms. The number of carbonyl (C=O) groups is 2. The fourth-order valence-corrected chi connectivity index (χ4v) is 2.48. The number of hydrogen-bond donors (Lipinski definition) is 2. The van der Waals surface area contributed by atoms with Crippen LogP contribution in [0.1, 0.15) is 33.3 Å². The number of nitrogens with zero attached hydrogens (tertiary/aromatic N) is 1. The molecule has 0 aliphatic rings. The zero-order valence-electron chi connectivity index (χ0n) is 14.7. The average molecular weight is 363 g/mol. The molecule has 27 heavy (non-hydrogen) atoms. The van der Waals surface area contributed by atoms with Crippen molar-refractivity contribution in [3.63, 3.8) is 0 Å². The highest BCUT2D eigenvalue weighted by Crippen LogP contribution is 2.15. The third-order valence-corrected chi connectivity index (χ3v) is 3.93. The molecule has 0 aliphatic carbocycles. The fraction of sp³-hybridized carbons (Fsp3) is 0.0952. The molecule has 0 unspecified atom stereocenters. The first kappa shape index (κ1) is 18.3. The minimum Gasteiger partial charge on any atom is -0.381 e. The summed E-state index contributed by atoms with van der Waals surface area (Å²) < 4.78 is 12.9. The molecule has 0 saturated carbocycles. The number of rotatable bonds is 6. The summed E-state index contributed by atoms with van der Waals surface area (Å²) in [6.45, 7) is 1.96. The Morgan fingerprint density at radius 1 is 1.00 bits per heavy atom. The molecular weight excluding hydrogens is 345 g/mol. The summed E-state index contributed by atoms with van der Waals surface area (Å²) in [6.07, 6.45) is 1.54. The molecule has 0 spiro atoms. The van der Waals surface area contributed by atoms with Crippen LogP contribution in [0, 0.1) is 5.82 Å². The predicted molar refractivity (Wildman–Crippen MR) is 102 cm³/mol. The standard InChI is InChI=1S/C21H18FN3O2/c1-14(26)16-3-2-4-19(11-16)25-21(27)20-12-18(9-10-23-20)24-13-15-5-7-17(22)8-6-15/h2-12H,13H2,1H3,(H,23,24)(H,25,27). The predicted octanol–water partition coefficient (Wildman–Crippen LogP) is 4.29. The maximum absolute atomic E-state index is 12.9. The molecule has 136 valence electrons. The summed E-state index contributed by atoms with van der Waals surface area (Å²) in [5, 5.41) is 5.91. The summed E-state index contributed by atoms with van der Waals surface area (Å²) in [7, 11) is 0. The van der Waals surface area contributed by atoms with Crippen molar-refractivity contribution in [1.82, 2.24) is 4.98 Å². The van der Waals surface area contributed by atoms with Gasteiger partial charge in [0.2, 0.25) is 0 Å². The van der Waals surface area contributed by atoms with Gasteiger partial charge >= 0.3 is 0 Å². The number of benzene rings is 2. The quantitative estimate of drug-likeness (QED) is 0.641. The molecule has 2 N–H and O–H groups in total.